The maximum atomic E-state index is 13.5. The number of hydrogen-bond donors (Lipinski definition) is 0. The van der Waals surface area contributed by atoms with Crippen LogP contribution in [0.1, 0.15) is 44.4 Å². The van der Waals surface area contributed by atoms with E-state index in [-0.39, 0.29) is 23.9 Å². The molecule has 170 valence electrons. The molecule has 0 saturated carbocycles. The molecule has 1 aliphatic carbocycles. The Kier molecular flexibility index (Phi) is 5.25. The first kappa shape index (κ1) is 21.1. The van der Waals surface area contributed by atoms with Crippen molar-refractivity contribution >= 4 is 11.9 Å². The lowest BCUT2D eigenvalue weighted by Crippen LogP contribution is -2.47. The molecule has 9 heteroatoms. The summed E-state index contributed by atoms with van der Waals surface area (Å²) < 4.78 is 32.1. The molecule has 3 aliphatic rings. The lowest BCUT2D eigenvalue weighted by Gasteiger charge is -2.40. The molecule has 2 aliphatic heterocycles. The van der Waals surface area contributed by atoms with Gasteiger partial charge < -0.3 is 14.2 Å². The Balaban J connectivity index is 1.53. The SMILES string of the molecule is CC1CN(CCC23CCCc4c2c(nn4-c2ccc(F)cc2)OC(=O)C(=O)O3)CC(C)O1. The molecule has 0 N–H and O–H groups in total. The van der Waals surface area contributed by atoms with Crippen LogP contribution >= 0.6 is 0 Å². The Hall–Kier alpha value is -2.78. The second-order valence-corrected chi connectivity index (χ2v) is 8.91. The molecule has 3 unspecified atom stereocenters. The Labute approximate surface area is 185 Å². The first-order valence-corrected chi connectivity index (χ1v) is 11.1. The Morgan fingerprint density at radius 2 is 1.84 bits per heavy atom. The predicted molar refractivity (Wildman–Crippen MR) is 111 cm³/mol. The molecular formula is C23H26FN3O5. The van der Waals surface area contributed by atoms with Crippen molar-refractivity contribution in [2.45, 2.75) is 57.3 Å². The fraction of sp³-hybridized carbons (Fsp3) is 0.522. The van der Waals surface area contributed by atoms with Crippen molar-refractivity contribution < 1.29 is 28.2 Å². The summed E-state index contributed by atoms with van der Waals surface area (Å²) in [6.07, 6.45) is 2.79. The van der Waals surface area contributed by atoms with E-state index in [1.165, 1.54) is 12.1 Å². The van der Waals surface area contributed by atoms with Crippen molar-refractivity contribution in [1.82, 2.24) is 14.7 Å². The zero-order valence-electron chi connectivity index (χ0n) is 18.2. The lowest BCUT2D eigenvalue weighted by molar-refractivity contribution is -0.174. The number of esters is 2. The molecule has 5 rings (SSSR count). The highest BCUT2D eigenvalue weighted by Crippen LogP contribution is 2.48. The Morgan fingerprint density at radius 1 is 1.12 bits per heavy atom. The molecule has 0 radical (unpaired) electrons. The smallest absolute Gasteiger partial charge is 0.424 e. The van der Waals surface area contributed by atoms with Crippen molar-refractivity contribution in [3.05, 3.63) is 41.3 Å². The topological polar surface area (TPSA) is 82.9 Å². The van der Waals surface area contributed by atoms with Gasteiger partial charge in [-0.2, -0.15) is 0 Å². The van der Waals surface area contributed by atoms with E-state index in [4.69, 9.17) is 14.2 Å². The standard InChI is InChI=1S/C23H26FN3O5/c1-14-12-26(13-15(2)30-14)11-10-23-9-3-4-18-19(23)20(31-21(28)22(29)32-23)25-27(18)17-7-5-16(24)6-8-17/h5-8,14-15H,3-4,9-13H2,1-2H3. The van der Waals surface area contributed by atoms with Gasteiger partial charge in [0, 0.05) is 26.1 Å². The van der Waals surface area contributed by atoms with E-state index in [2.05, 4.69) is 10.00 Å². The molecule has 2 aromatic rings. The molecule has 1 saturated heterocycles. The molecule has 8 nitrogen and oxygen atoms in total. The van der Waals surface area contributed by atoms with Crippen LogP contribution in [0.15, 0.2) is 24.3 Å². The summed E-state index contributed by atoms with van der Waals surface area (Å²) in [4.78, 5) is 27.0. The average molecular weight is 443 g/mol. The summed E-state index contributed by atoms with van der Waals surface area (Å²) in [5.41, 5.74) is 1.14. The molecule has 0 bridgehead atoms. The van der Waals surface area contributed by atoms with Crippen molar-refractivity contribution in [1.29, 1.82) is 0 Å². The molecule has 1 aromatic heterocycles. The molecule has 0 spiro atoms. The number of morpholine rings is 1. The van der Waals surface area contributed by atoms with Gasteiger partial charge in [-0.15, -0.1) is 5.10 Å². The van der Waals surface area contributed by atoms with E-state index in [0.717, 1.165) is 25.2 Å². The van der Waals surface area contributed by atoms with Gasteiger partial charge in [0.25, 0.3) is 0 Å². The van der Waals surface area contributed by atoms with E-state index in [0.29, 0.717) is 37.1 Å². The first-order chi connectivity index (χ1) is 15.3. The molecular weight excluding hydrogens is 417 g/mol. The van der Waals surface area contributed by atoms with Crippen molar-refractivity contribution in [2.24, 2.45) is 0 Å². The molecule has 3 heterocycles. The highest BCUT2D eigenvalue weighted by molar-refractivity contribution is 6.30. The van der Waals surface area contributed by atoms with Crippen LogP contribution < -0.4 is 4.74 Å². The third-order valence-electron chi connectivity index (χ3n) is 6.44. The van der Waals surface area contributed by atoms with Crippen LogP contribution in [0.4, 0.5) is 4.39 Å². The summed E-state index contributed by atoms with van der Waals surface area (Å²) in [7, 11) is 0. The van der Waals surface area contributed by atoms with Gasteiger partial charge in [-0.05, 0) is 57.4 Å². The number of benzene rings is 1. The number of ether oxygens (including phenoxy) is 3. The lowest BCUT2D eigenvalue weighted by atomic mass is 9.79. The van der Waals surface area contributed by atoms with E-state index in [9.17, 15) is 14.0 Å². The van der Waals surface area contributed by atoms with E-state index >= 15 is 0 Å². The molecule has 32 heavy (non-hydrogen) atoms. The largest absolute Gasteiger partial charge is 0.445 e. The van der Waals surface area contributed by atoms with Gasteiger partial charge in [0.05, 0.1) is 29.2 Å². The van der Waals surface area contributed by atoms with Crippen LogP contribution in [0.3, 0.4) is 0 Å². The van der Waals surface area contributed by atoms with Crippen molar-refractivity contribution in [2.75, 3.05) is 19.6 Å². The Bertz CT molecular complexity index is 1040. The van der Waals surface area contributed by atoms with Gasteiger partial charge in [0.2, 0.25) is 5.88 Å². The zero-order valence-corrected chi connectivity index (χ0v) is 18.2. The predicted octanol–water partition coefficient (Wildman–Crippen LogP) is 2.50. The van der Waals surface area contributed by atoms with E-state index < -0.39 is 17.5 Å². The van der Waals surface area contributed by atoms with Crippen molar-refractivity contribution in [3.63, 3.8) is 0 Å². The number of hydrogen-bond acceptors (Lipinski definition) is 7. The monoisotopic (exact) mass is 443 g/mol. The van der Waals surface area contributed by atoms with Crippen LogP contribution in [-0.4, -0.2) is 58.5 Å². The fourth-order valence-corrected chi connectivity index (χ4v) is 5.21. The number of nitrogens with zero attached hydrogens (tertiary/aromatic N) is 3. The van der Waals surface area contributed by atoms with Gasteiger partial charge in [-0.3, -0.25) is 4.90 Å². The number of rotatable bonds is 4. The highest BCUT2D eigenvalue weighted by Gasteiger charge is 2.50. The minimum atomic E-state index is -1.07. The minimum Gasteiger partial charge on any atom is -0.445 e. The third kappa shape index (κ3) is 3.69. The van der Waals surface area contributed by atoms with Gasteiger partial charge >= 0.3 is 11.9 Å². The van der Waals surface area contributed by atoms with Gasteiger partial charge in [-0.25, -0.2) is 18.7 Å². The minimum absolute atomic E-state index is 0.101. The summed E-state index contributed by atoms with van der Waals surface area (Å²) in [6, 6.07) is 5.97. The maximum absolute atomic E-state index is 13.5. The van der Waals surface area contributed by atoms with Crippen LogP contribution in [0.25, 0.3) is 5.69 Å². The average Bonchev–Trinajstić information content (AvgIpc) is 3.07. The van der Waals surface area contributed by atoms with Gasteiger partial charge in [-0.1, -0.05) is 0 Å². The third-order valence-corrected chi connectivity index (χ3v) is 6.44. The zero-order chi connectivity index (χ0) is 22.5. The first-order valence-electron chi connectivity index (χ1n) is 11.1. The van der Waals surface area contributed by atoms with Crippen LogP contribution in [0.2, 0.25) is 0 Å². The number of carbonyl (C=O) groups is 2. The van der Waals surface area contributed by atoms with Gasteiger partial charge in [0.1, 0.15) is 11.4 Å². The summed E-state index contributed by atoms with van der Waals surface area (Å²) in [6.45, 7) is 6.35. The number of aromatic nitrogens is 2. The highest BCUT2D eigenvalue weighted by atomic mass is 19.1. The van der Waals surface area contributed by atoms with E-state index in [1.54, 1.807) is 16.8 Å². The quantitative estimate of drug-likeness (QED) is 0.530. The van der Waals surface area contributed by atoms with Crippen LogP contribution in [0, 0.1) is 5.82 Å². The summed E-state index contributed by atoms with van der Waals surface area (Å²) in [5.74, 6) is -2.31. The van der Waals surface area contributed by atoms with Crippen LogP contribution in [-0.2, 0) is 31.1 Å². The number of halogens is 1. The van der Waals surface area contributed by atoms with Gasteiger partial charge in [0.15, 0.2) is 0 Å². The molecule has 1 aromatic carbocycles. The van der Waals surface area contributed by atoms with E-state index in [1.807, 2.05) is 13.8 Å². The normalized spacial score (nSPS) is 28.0. The summed E-state index contributed by atoms with van der Waals surface area (Å²) >= 11 is 0. The maximum Gasteiger partial charge on any atom is 0.424 e. The summed E-state index contributed by atoms with van der Waals surface area (Å²) in [5, 5.41) is 4.51. The molecule has 1 fully saturated rings. The second kappa shape index (κ2) is 7.97. The second-order valence-electron chi connectivity index (χ2n) is 8.91. The Morgan fingerprint density at radius 3 is 2.56 bits per heavy atom. The molecule has 3 atom stereocenters. The molecule has 0 amide bonds. The number of carbonyl (C=O) groups excluding carboxylic acids is 2. The van der Waals surface area contributed by atoms with Crippen LogP contribution in [0.5, 0.6) is 5.88 Å². The fourth-order valence-electron chi connectivity index (χ4n) is 5.21. The van der Waals surface area contributed by atoms with Crippen molar-refractivity contribution in [3.8, 4) is 11.6 Å².